The van der Waals surface area contributed by atoms with E-state index in [1.54, 1.807) is 13.0 Å². The molecule has 2 rings (SSSR count). The summed E-state index contributed by atoms with van der Waals surface area (Å²) in [6.07, 6.45) is 3.35. The fraction of sp³-hybridized carbons (Fsp3) is 0.474. The Morgan fingerprint density at radius 3 is 2.42 bits per heavy atom. The summed E-state index contributed by atoms with van der Waals surface area (Å²) in [5, 5.41) is 6.00. The standard InChI is InChI=1S/C19H27N3O2/c1-4-11-20-18(24)14-22-12-9-19(10-13-22,21-16(3)23)17-7-5-15(2)6-8-17/h4-8H,1,9-14H2,2-3H3,(H,20,24)(H,21,23)/p+1. The minimum atomic E-state index is -0.319. The van der Waals surface area contributed by atoms with E-state index in [0.29, 0.717) is 13.1 Å². The second-order valence-corrected chi connectivity index (χ2v) is 6.65. The zero-order valence-electron chi connectivity index (χ0n) is 14.7. The molecule has 5 nitrogen and oxygen atoms in total. The lowest BCUT2D eigenvalue weighted by atomic mass is 9.80. The topological polar surface area (TPSA) is 62.6 Å². The van der Waals surface area contributed by atoms with Gasteiger partial charge in [0.25, 0.3) is 5.91 Å². The first kappa shape index (κ1) is 18.2. The van der Waals surface area contributed by atoms with Gasteiger partial charge in [0.15, 0.2) is 6.54 Å². The van der Waals surface area contributed by atoms with Crippen molar-refractivity contribution in [3.05, 3.63) is 48.0 Å². The third-order valence-corrected chi connectivity index (χ3v) is 4.68. The zero-order valence-corrected chi connectivity index (χ0v) is 14.7. The lowest BCUT2D eigenvalue weighted by Crippen LogP contribution is -3.14. The molecule has 0 bridgehead atoms. The number of nitrogens with one attached hydrogen (secondary N) is 3. The van der Waals surface area contributed by atoms with E-state index in [1.807, 2.05) is 0 Å². The van der Waals surface area contributed by atoms with Gasteiger partial charge in [-0.3, -0.25) is 9.59 Å². The molecular weight excluding hydrogens is 302 g/mol. The number of carbonyl (C=O) groups excluding carboxylic acids is 2. The van der Waals surface area contributed by atoms with Gasteiger partial charge in [0, 0.05) is 26.3 Å². The molecule has 3 N–H and O–H groups in total. The SMILES string of the molecule is C=CCNC(=O)C[NH+]1CCC(NC(C)=O)(c2ccc(C)cc2)CC1. The molecule has 2 amide bonds. The Morgan fingerprint density at radius 2 is 1.88 bits per heavy atom. The highest BCUT2D eigenvalue weighted by Gasteiger charge is 2.39. The van der Waals surface area contributed by atoms with Gasteiger partial charge in [0.2, 0.25) is 5.91 Å². The third-order valence-electron chi connectivity index (χ3n) is 4.68. The second kappa shape index (κ2) is 8.11. The summed E-state index contributed by atoms with van der Waals surface area (Å²) < 4.78 is 0. The van der Waals surface area contributed by atoms with Crippen LogP contribution in [0.15, 0.2) is 36.9 Å². The molecule has 5 heteroatoms. The largest absolute Gasteiger partial charge is 0.348 e. The number of hydrogen-bond acceptors (Lipinski definition) is 2. The van der Waals surface area contributed by atoms with Crippen LogP contribution in [-0.4, -0.2) is 38.0 Å². The van der Waals surface area contributed by atoms with Crippen LogP contribution in [0.4, 0.5) is 0 Å². The van der Waals surface area contributed by atoms with Crippen molar-refractivity contribution in [1.82, 2.24) is 10.6 Å². The Bertz CT molecular complexity index is 587. The number of piperidine rings is 1. The van der Waals surface area contributed by atoms with Gasteiger partial charge in [-0.1, -0.05) is 35.9 Å². The molecule has 0 aromatic heterocycles. The minimum Gasteiger partial charge on any atom is -0.348 e. The average molecular weight is 330 g/mol. The monoisotopic (exact) mass is 330 g/mol. The molecule has 0 unspecified atom stereocenters. The summed E-state index contributed by atoms with van der Waals surface area (Å²) in [4.78, 5) is 24.9. The number of aryl methyl sites for hydroxylation is 1. The first-order valence-corrected chi connectivity index (χ1v) is 8.52. The van der Waals surface area contributed by atoms with Gasteiger partial charge in [0.1, 0.15) is 0 Å². The van der Waals surface area contributed by atoms with Crippen molar-refractivity contribution in [2.75, 3.05) is 26.2 Å². The van der Waals surface area contributed by atoms with E-state index in [4.69, 9.17) is 0 Å². The van der Waals surface area contributed by atoms with Crippen LogP contribution >= 0.6 is 0 Å². The Balaban J connectivity index is 2.04. The predicted octanol–water partition coefficient (Wildman–Crippen LogP) is 0.307. The molecule has 0 radical (unpaired) electrons. The molecule has 0 spiro atoms. The van der Waals surface area contributed by atoms with E-state index >= 15 is 0 Å². The Labute approximate surface area is 144 Å². The van der Waals surface area contributed by atoms with Crippen molar-refractivity contribution in [2.24, 2.45) is 0 Å². The smallest absolute Gasteiger partial charge is 0.275 e. The summed E-state index contributed by atoms with van der Waals surface area (Å²) in [5.41, 5.74) is 2.04. The van der Waals surface area contributed by atoms with Crippen LogP contribution in [0.5, 0.6) is 0 Å². The van der Waals surface area contributed by atoms with Gasteiger partial charge >= 0.3 is 0 Å². The maximum Gasteiger partial charge on any atom is 0.275 e. The summed E-state index contributed by atoms with van der Waals surface area (Å²) in [6.45, 7) is 9.92. The molecule has 130 valence electrons. The van der Waals surface area contributed by atoms with Crippen molar-refractivity contribution in [3.63, 3.8) is 0 Å². The summed E-state index contributed by atoms with van der Waals surface area (Å²) in [6, 6.07) is 8.38. The molecule has 1 heterocycles. The number of likely N-dealkylation sites (tertiary alicyclic amines) is 1. The highest BCUT2D eigenvalue weighted by Crippen LogP contribution is 2.29. The van der Waals surface area contributed by atoms with Crippen LogP contribution in [0.1, 0.15) is 30.9 Å². The second-order valence-electron chi connectivity index (χ2n) is 6.65. The van der Waals surface area contributed by atoms with Crippen molar-refractivity contribution in [3.8, 4) is 0 Å². The van der Waals surface area contributed by atoms with E-state index < -0.39 is 0 Å². The Morgan fingerprint density at radius 1 is 1.25 bits per heavy atom. The Kier molecular flexibility index (Phi) is 6.15. The molecule has 24 heavy (non-hydrogen) atoms. The number of carbonyl (C=O) groups is 2. The van der Waals surface area contributed by atoms with Crippen molar-refractivity contribution < 1.29 is 14.5 Å². The van der Waals surface area contributed by atoms with E-state index in [0.717, 1.165) is 31.5 Å². The summed E-state index contributed by atoms with van der Waals surface area (Å²) >= 11 is 0. The van der Waals surface area contributed by atoms with Crippen LogP contribution in [0.2, 0.25) is 0 Å². The highest BCUT2D eigenvalue weighted by molar-refractivity contribution is 5.77. The Hall–Kier alpha value is -2.14. The van der Waals surface area contributed by atoms with Crippen LogP contribution in [0, 0.1) is 6.92 Å². The number of hydrogen-bond donors (Lipinski definition) is 3. The van der Waals surface area contributed by atoms with Gasteiger partial charge < -0.3 is 15.5 Å². The van der Waals surface area contributed by atoms with Crippen LogP contribution < -0.4 is 15.5 Å². The molecule has 0 saturated carbocycles. The molecule has 1 aliphatic rings. The van der Waals surface area contributed by atoms with Gasteiger partial charge in [-0.25, -0.2) is 0 Å². The number of amides is 2. The average Bonchev–Trinajstić information content (AvgIpc) is 2.55. The van der Waals surface area contributed by atoms with Gasteiger partial charge in [-0.05, 0) is 12.5 Å². The van der Waals surface area contributed by atoms with Crippen molar-refractivity contribution in [1.29, 1.82) is 0 Å². The maximum atomic E-state index is 11.9. The van der Waals surface area contributed by atoms with Crippen LogP contribution in [-0.2, 0) is 15.1 Å². The quantitative estimate of drug-likeness (QED) is 0.657. The number of quaternary nitrogens is 1. The minimum absolute atomic E-state index is 0.0113. The lowest BCUT2D eigenvalue weighted by Gasteiger charge is -2.40. The zero-order chi connectivity index (χ0) is 17.6. The van der Waals surface area contributed by atoms with Crippen molar-refractivity contribution in [2.45, 2.75) is 32.2 Å². The highest BCUT2D eigenvalue weighted by atomic mass is 16.2. The summed E-state index contributed by atoms with van der Waals surface area (Å²) in [7, 11) is 0. The molecule has 1 aromatic rings. The van der Waals surface area contributed by atoms with Gasteiger partial charge in [-0.15, -0.1) is 6.58 Å². The van der Waals surface area contributed by atoms with Crippen LogP contribution in [0.25, 0.3) is 0 Å². The van der Waals surface area contributed by atoms with Crippen LogP contribution in [0.3, 0.4) is 0 Å². The van der Waals surface area contributed by atoms with Gasteiger partial charge in [-0.2, -0.15) is 0 Å². The van der Waals surface area contributed by atoms with E-state index in [1.165, 1.54) is 10.5 Å². The molecule has 1 aromatic carbocycles. The van der Waals surface area contributed by atoms with E-state index in [9.17, 15) is 9.59 Å². The van der Waals surface area contributed by atoms with Crippen molar-refractivity contribution >= 4 is 11.8 Å². The first-order chi connectivity index (χ1) is 11.4. The normalized spacial score (nSPS) is 23.3. The number of rotatable bonds is 6. The third kappa shape index (κ3) is 4.68. The van der Waals surface area contributed by atoms with E-state index in [-0.39, 0.29) is 17.4 Å². The maximum absolute atomic E-state index is 11.9. The number of benzene rings is 1. The molecule has 1 aliphatic heterocycles. The molecular formula is C19H28N3O2+. The first-order valence-electron chi connectivity index (χ1n) is 8.52. The molecule has 0 aliphatic carbocycles. The predicted molar refractivity (Wildman–Crippen MR) is 94.7 cm³/mol. The fourth-order valence-electron chi connectivity index (χ4n) is 3.38. The molecule has 1 fully saturated rings. The van der Waals surface area contributed by atoms with E-state index in [2.05, 4.69) is 48.4 Å². The van der Waals surface area contributed by atoms with Gasteiger partial charge in [0.05, 0.1) is 18.6 Å². The molecule has 0 atom stereocenters. The lowest BCUT2D eigenvalue weighted by molar-refractivity contribution is -0.898. The summed E-state index contributed by atoms with van der Waals surface area (Å²) in [5.74, 6) is 0.0371. The molecule has 1 saturated heterocycles. The fourth-order valence-corrected chi connectivity index (χ4v) is 3.38.